The summed E-state index contributed by atoms with van der Waals surface area (Å²) in [5.74, 6) is 0.580. The summed E-state index contributed by atoms with van der Waals surface area (Å²) < 4.78 is 39.0. The third-order valence-corrected chi connectivity index (χ3v) is 4.09. The van der Waals surface area contributed by atoms with Gasteiger partial charge in [0.05, 0.1) is 17.2 Å². The average molecular weight is 311 g/mol. The molecule has 1 heterocycles. The summed E-state index contributed by atoms with van der Waals surface area (Å²) in [5, 5.41) is 12.1. The monoisotopic (exact) mass is 311 g/mol. The predicted molar refractivity (Wildman–Crippen MR) is 79.6 cm³/mol. The van der Waals surface area contributed by atoms with E-state index in [4.69, 9.17) is 5.26 Å². The molecule has 0 saturated carbocycles. The first-order valence-corrected chi connectivity index (χ1v) is 7.52. The highest BCUT2D eigenvalue weighted by Crippen LogP contribution is 2.35. The first kappa shape index (κ1) is 16.6. The van der Waals surface area contributed by atoms with Gasteiger partial charge < -0.3 is 10.2 Å². The second-order valence-electron chi connectivity index (χ2n) is 5.58. The molecule has 1 aliphatic heterocycles. The molecule has 1 saturated heterocycles. The van der Waals surface area contributed by atoms with Crippen LogP contribution in [-0.2, 0) is 6.18 Å². The first-order chi connectivity index (χ1) is 10.5. The van der Waals surface area contributed by atoms with E-state index in [-0.39, 0.29) is 5.56 Å². The molecule has 1 aromatic rings. The van der Waals surface area contributed by atoms with Gasteiger partial charge in [-0.2, -0.15) is 18.4 Å². The van der Waals surface area contributed by atoms with Crippen molar-refractivity contribution in [1.29, 1.82) is 5.26 Å². The maximum atomic E-state index is 13.0. The fourth-order valence-electron chi connectivity index (χ4n) is 2.80. The molecule has 1 aliphatic rings. The van der Waals surface area contributed by atoms with Crippen LogP contribution in [0, 0.1) is 17.2 Å². The molecular weight excluding hydrogens is 291 g/mol. The summed E-state index contributed by atoms with van der Waals surface area (Å²) >= 11 is 0. The van der Waals surface area contributed by atoms with Gasteiger partial charge in [0.1, 0.15) is 0 Å². The van der Waals surface area contributed by atoms with E-state index in [1.54, 1.807) is 12.1 Å². The van der Waals surface area contributed by atoms with Crippen molar-refractivity contribution in [3.8, 4) is 6.07 Å². The third kappa shape index (κ3) is 3.92. The molecule has 0 aliphatic carbocycles. The van der Waals surface area contributed by atoms with Crippen LogP contribution in [0.25, 0.3) is 0 Å². The summed E-state index contributed by atoms with van der Waals surface area (Å²) in [4.78, 5) is 1.97. The Balaban J connectivity index is 2.10. The van der Waals surface area contributed by atoms with Crippen LogP contribution in [0.2, 0.25) is 0 Å². The maximum absolute atomic E-state index is 13.0. The second kappa shape index (κ2) is 7.01. The number of nitriles is 1. The van der Waals surface area contributed by atoms with Gasteiger partial charge in [0, 0.05) is 18.8 Å². The van der Waals surface area contributed by atoms with Gasteiger partial charge in [-0.1, -0.05) is 6.92 Å². The third-order valence-electron chi connectivity index (χ3n) is 4.09. The molecule has 22 heavy (non-hydrogen) atoms. The summed E-state index contributed by atoms with van der Waals surface area (Å²) in [6, 6.07) is 5.59. The van der Waals surface area contributed by atoms with Crippen molar-refractivity contribution in [1.82, 2.24) is 5.32 Å². The van der Waals surface area contributed by atoms with Crippen molar-refractivity contribution in [3.05, 3.63) is 29.3 Å². The van der Waals surface area contributed by atoms with Crippen molar-refractivity contribution >= 4 is 5.69 Å². The van der Waals surface area contributed by atoms with Gasteiger partial charge in [0.15, 0.2) is 0 Å². The van der Waals surface area contributed by atoms with E-state index in [9.17, 15) is 13.2 Å². The molecule has 2 rings (SSSR count). The minimum absolute atomic E-state index is 0.321. The zero-order valence-electron chi connectivity index (χ0n) is 12.6. The SMILES string of the molecule is CCNCC1CCN(c2ccc(C#N)c(C(F)(F)F)c2)CC1. The van der Waals surface area contributed by atoms with Crippen molar-refractivity contribution in [2.24, 2.45) is 5.92 Å². The number of nitrogens with zero attached hydrogens (tertiary/aromatic N) is 2. The molecule has 0 spiro atoms. The zero-order chi connectivity index (χ0) is 16.2. The highest BCUT2D eigenvalue weighted by Gasteiger charge is 2.34. The van der Waals surface area contributed by atoms with Crippen LogP contribution in [0.3, 0.4) is 0 Å². The summed E-state index contributed by atoms with van der Waals surface area (Å²) in [7, 11) is 0. The van der Waals surface area contributed by atoms with Crippen LogP contribution in [0.1, 0.15) is 30.9 Å². The molecule has 0 amide bonds. The van der Waals surface area contributed by atoms with Crippen molar-refractivity contribution in [2.45, 2.75) is 25.9 Å². The lowest BCUT2D eigenvalue weighted by Gasteiger charge is -2.34. The molecule has 0 atom stereocenters. The molecule has 120 valence electrons. The number of piperidine rings is 1. The summed E-state index contributed by atoms with van der Waals surface area (Å²) in [6.45, 7) is 5.46. The molecule has 0 unspecified atom stereocenters. The number of halogens is 3. The molecule has 0 aromatic heterocycles. The smallest absolute Gasteiger partial charge is 0.372 e. The summed E-state index contributed by atoms with van der Waals surface area (Å²) in [5.41, 5.74) is -0.617. The highest BCUT2D eigenvalue weighted by molar-refractivity contribution is 5.55. The average Bonchev–Trinajstić information content (AvgIpc) is 2.52. The minimum atomic E-state index is -4.50. The predicted octanol–water partition coefficient (Wildman–Crippen LogP) is 3.40. The molecule has 0 radical (unpaired) electrons. The van der Waals surface area contributed by atoms with E-state index in [0.29, 0.717) is 11.6 Å². The normalized spacial score (nSPS) is 16.6. The molecule has 6 heteroatoms. The van der Waals surface area contributed by atoms with Crippen LogP contribution in [0.4, 0.5) is 18.9 Å². The number of benzene rings is 1. The lowest BCUT2D eigenvalue weighted by Crippen LogP contribution is -2.37. The number of hydrogen-bond acceptors (Lipinski definition) is 3. The topological polar surface area (TPSA) is 39.1 Å². The Labute approximate surface area is 128 Å². The Hall–Kier alpha value is -1.74. The van der Waals surface area contributed by atoms with Crippen LogP contribution in [0.5, 0.6) is 0 Å². The highest BCUT2D eigenvalue weighted by atomic mass is 19.4. The van der Waals surface area contributed by atoms with Gasteiger partial charge in [0.25, 0.3) is 0 Å². The van der Waals surface area contributed by atoms with Crippen molar-refractivity contribution < 1.29 is 13.2 Å². The quantitative estimate of drug-likeness (QED) is 0.926. The Kier molecular flexibility index (Phi) is 5.30. The molecule has 1 fully saturated rings. The fourth-order valence-corrected chi connectivity index (χ4v) is 2.80. The second-order valence-corrected chi connectivity index (χ2v) is 5.58. The number of anilines is 1. The first-order valence-electron chi connectivity index (χ1n) is 7.52. The van der Waals surface area contributed by atoms with Gasteiger partial charge in [-0.05, 0) is 50.0 Å². The molecule has 0 bridgehead atoms. The van der Waals surface area contributed by atoms with E-state index in [1.807, 2.05) is 4.90 Å². The molecule has 3 nitrogen and oxygen atoms in total. The summed E-state index contributed by atoms with van der Waals surface area (Å²) in [6.07, 6.45) is -2.56. The Morgan fingerprint density at radius 2 is 2.00 bits per heavy atom. The standard InChI is InChI=1S/C16H20F3N3/c1-2-21-11-12-5-7-22(8-6-12)14-4-3-13(10-20)15(9-14)16(17,18)19/h3-4,9,12,21H,2,5-8,11H2,1H3. The van der Waals surface area contributed by atoms with Gasteiger partial charge in [-0.3, -0.25) is 0 Å². The number of hydrogen-bond donors (Lipinski definition) is 1. The number of nitrogens with one attached hydrogen (secondary N) is 1. The van der Waals surface area contributed by atoms with Crippen LogP contribution in [-0.4, -0.2) is 26.2 Å². The van der Waals surface area contributed by atoms with E-state index >= 15 is 0 Å². The van der Waals surface area contributed by atoms with Gasteiger partial charge in [-0.25, -0.2) is 0 Å². The van der Waals surface area contributed by atoms with Gasteiger partial charge in [0.2, 0.25) is 0 Å². The van der Waals surface area contributed by atoms with Gasteiger partial charge in [-0.15, -0.1) is 0 Å². The van der Waals surface area contributed by atoms with Crippen LogP contribution >= 0.6 is 0 Å². The van der Waals surface area contributed by atoms with E-state index in [2.05, 4.69) is 12.2 Å². The van der Waals surface area contributed by atoms with E-state index < -0.39 is 11.7 Å². The molecule has 1 N–H and O–H groups in total. The van der Waals surface area contributed by atoms with Crippen LogP contribution in [0.15, 0.2) is 18.2 Å². The minimum Gasteiger partial charge on any atom is -0.372 e. The lowest BCUT2D eigenvalue weighted by atomic mass is 9.96. The Morgan fingerprint density at radius 1 is 1.32 bits per heavy atom. The maximum Gasteiger partial charge on any atom is 0.417 e. The Morgan fingerprint density at radius 3 is 2.55 bits per heavy atom. The van der Waals surface area contributed by atoms with Gasteiger partial charge >= 0.3 is 6.18 Å². The number of alkyl halides is 3. The fraction of sp³-hybridized carbons (Fsp3) is 0.562. The largest absolute Gasteiger partial charge is 0.417 e. The van der Waals surface area contributed by atoms with E-state index in [1.165, 1.54) is 6.07 Å². The lowest BCUT2D eigenvalue weighted by molar-refractivity contribution is -0.137. The van der Waals surface area contributed by atoms with E-state index in [0.717, 1.165) is 45.1 Å². The van der Waals surface area contributed by atoms with Crippen molar-refractivity contribution in [3.63, 3.8) is 0 Å². The number of rotatable bonds is 4. The molecule has 1 aromatic carbocycles. The molecular formula is C16H20F3N3. The zero-order valence-corrected chi connectivity index (χ0v) is 12.6. The van der Waals surface area contributed by atoms with Crippen LogP contribution < -0.4 is 10.2 Å². The Bertz CT molecular complexity index is 541. The van der Waals surface area contributed by atoms with Crippen molar-refractivity contribution in [2.75, 3.05) is 31.1 Å².